The van der Waals surface area contributed by atoms with Crippen molar-refractivity contribution in [1.29, 1.82) is 0 Å². The second-order valence-corrected chi connectivity index (χ2v) is 4.49. The van der Waals surface area contributed by atoms with E-state index in [0.29, 0.717) is 0 Å². The third-order valence-corrected chi connectivity index (χ3v) is 3.08. The SMILES string of the molecule is CCCc1c(NC)ncnc1Nc1ccccc1C. The van der Waals surface area contributed by atoms with Crippen LogP contribution in [0.4, 0.5) is 17.3 Å². The first-order chi connectivity index (χ1) is 9.26. The van der Waals surface area contributed by atoms with E-state index in [1.807, 2.05) is 19.2 Å². The van der Waals surface area contributed by atoms with Gasteiger partial charge in [0.05, 0.1) is 0 Å². The fraction of sp³-hybridized carbons (Fsp3) is 0.333. The molecule has 19 heavy (non-hydrogen) atoms. The average molecular weight is 256 g/mol. The minimum atomic E-state index is 0.885. The molecule has 0 radical (unpaired) electrons. The molecule has 4 heteroatoms. The van der Waals surface area contributed by atoms with Gasteiger partial charge in [-0.2, -0.15) is 0 Å². The Kier molecular flexibility index (Phi) is 4.34. The van der Waals surface area contributed by atoms with Crippen molar-refractivity contribution < 1.29 is 0 Å². The van der Waals surface area contributed by atoms with Crippen molar-refractivity contribution in [2.75, 3.05) is 17.7 Å². The summed E-state index contributed by atoms with van der Waals surface area (Å²) in [6.45, 7) is 4.24. The first-order valence-electron chi connectivity index (χ1n) is 6.60. The van der Waals surface area contributed by atoms with Crippen LogP contribution >= 0.6 is 0 Å². The van der Waals surface area contributed by atoms with Crippen LogP contribution in [-0.2, 0) is 6.42 Å². The molecule has 0 saturated heterocycles. The van der Waals surface area contributed by atoms with Crippen molar-refractivity contribution >= 4 is 17.3 Å². The van der Waals surface area contributed by atoms with E-state index in [4.69, 9.17) is 0 Å². The predicted octanol–water partition coefficient (Wildman–Crippen LogP) is 3.52. The van der Waals surface area contributed by atoms with E-state index in [9.17, 15) is 0 Å². The summed E-state index contributed by atoms with van der Waals surface area (Å²) < 4.78 is 0. The molecule has 4 nitrogen and oxygen atoms in total. The van der Waals surface area contributed by atoms with E-state index in [1.54, 1.807) is 6.33 Å². The predicted molar refractivity (Wildman–Crippen MR) is 80.0 cm³/mol. The lowest BCUT2D eigenvalue weighted by Crippen LogP contribution is -2.06. The van der Waals surface area contributed by atoms with Gasteiger partial charge in [0.2, 0.25) is 0 Å². The first-order valence-corrected chi connectivity index (χ1v) is 6.60. The van der Waals surface area contributed by atoms with E-state index in [-0.39, 0.29) is 0 Å². The number of rotatable bonds is 5. The van der Waals surface area contributed by atoms with Crippen LogP contribution in [0.3, 0.4) is 0 Å². The van der Waals surface area contributed by atoms with Crippen LogP contribution in [0.5, 0.6) is 0 Å². The second kappa shape index (κ2) is 6.18. The molecule has 0 spiro atoms. The van der Waals surface area contributed by atoms with Gasteiger partial charge in [0.15, 0.2) is 0 Å². The van der Waals surface area contributed by atoms with Gasteiger partial charge in [0.25, 0.3) is 0 Å². The van der Waals surface area contributed by atoms with Gasteiger partial charge in [0.1, 0.15) is 18.0 Å². The smallest absolute Gasteiger partial charge is 0.139 e. The minimum Gasteiger partial charge on any atom is -0.373 e. The molecular formula is C15H20N4. The van der Waals surface area contributed by atoms with Crippen LogP contribution in [0.15, 0.2) is 30.6 Å². The van der Waals surface area contributed by atoms with E-state index in [1.165, 1.54) is 5.56 Å². The monoisotopic (exact) mass is 256 g/mol. The molecule has 0 aliphatic carbocycles. The van der Waals surface area contributed by atoms with Crippen molar-refractivity contribution in [3.8, 4) is 0 Å². The Morgan fingerprint density at radius 2 is 1.84 bits per heavy atom. The Morgan fingerprint density at radius 1 is 1.11 bits per heavy atom. The normalized spacial score (nSPS) is 10.3. The molecule has 1 aromatic heterocycles. The van der Waals surface area contributed by atoms with Crippen LogP contribution in [-0.4, -0.2) is 17.0 Å². The van der Waals surface area contributed by atoms with Crippen molar-refractivity contribution in [2.45, 2.75) is 26.7 Å². The fourth-order valence-electron chi connectivity index (χ4n) is 2.06. The van der Waals surface area contributed by atoms with Crippen LogP contribution in [0.2, 0.25) is 0 Å². The van der Waals surface area contributed by atoms with Crippen molar-refractivity contribution in [2.24, 2.45) is 0 Å². The quantitative estimate of drug-likeness (QED) is 0.859. The summed E-state index contributed by atoms with van der Waals surface area (Å²) in [6, 6.07) is 8.20. The largest absolute Gasteiger partial charge is 0.373 e. The van der Waals surface area contributed by atoms with Crippen LogP contribution in [0, 0.1) is 6.92 Å². The highest BCUT2D eigenvalue weighted by atomic mass is 15.1. The minimum absolute atomic E-state index is 0.885. The molecule has 0 aliphatic heterocycles. The van der Waals surface area contributed by atoms with Crippen LogP contribution in [0.1, 0.15) is 24.5 Å². The number of aryl methyl sites for hydroxylation is 1. The van der Waals surface area contributed by atoms with Gasteiger partial charge in [-0.15, -0.1) is 0 Å². The van der Waals surface area contributed by atoms with E-state index in [2.05, 4.69) is 46.6 Å². The molecule has 0 unspecified atom stereocenters. The van der Waals surface area contributed by atoms with E-state index >= 15 is 0 Å². The van der Waals surface area contributed by atoms with Gasteiger partial charge < -0.3 is 10.6 Å². The highest BCUT2D eigenvalue weighted by Crippen LogP contribution is 2.25. The molecule has 2 aromatic rings. The number of hydrogen-bond acceptors (Lipinski definition) is 4. The number of benzene rings is 1. The van der Waals surface area contributed by atoms with E-state index < -0.39 is 0 Å². The summed E-state index contributed by atoms with van der Waals surface area (Å²) in [5.41, 5.74) is 3.42. The summed E-state index contributed by atoms with van der Waals surface area (Å²) in [5.74, 6) is 1.78. The van der Waals surface area contributed by atoms with Gasteiger partial charge in [-0.05, 0) is 25.0 Å². The van der Waals surface area contributed by atoms with Gasteiger partial charge in [-0.25, -0.2) is 9.97 Å². The topological polar surface area (TPSA) is 49.8 Å². The number of aromatic nitrogens is 2. The van der Waals surface area contributed by atoms with Crippen LogP contribution < -0.4 is 10.6 Å². The lowest BCUT2D eigenvalue weighted by molar-refractivity contribution is 0.905. The number of anilines is 3. The van der Waals surface area contributed by atoms with Crippen molar-refractivity contribution in [3.63, 3.8) is 0 Å². The second-order valence-electron chi connectivity index (χ2n) is 4.49. The number of nitrogens with zero attached hydrogens (tertiary/aromatic N) is 2. The Morgan fingerprint density at radius 3 is 2.53 bits per heavy atom. The maximum atomic E-state index is 4.38. The molecule has 1 heterocycles. The first kappa shape index (κ1) is 13.3. The lowest BCUT2D eigenvalue weighted by atomic mass is 10.1. The van der Waals surface area contributed by atoms with Gasteiger partial charge in [-0.1, -0.05) is 31.5 Å². The van der Waals surface area contributed by atoms with Crippen molar-refractivity contribution in [1.82, 2.24) is 9.97 Å². The molecule has 0 fully saturated rings. The average Bonchev–Trinajstić information content (AvgIpc) is 2.43. The zero-order chi connectivity index (χ0) is 13.7. The summed E-state index contributed by atoms with van der Waals surface area (Å²) in [6.07, 6.45) is 3.60. The maximum absolute atomic E-state index is 4.38. The van der Waals surface area contributed by atoms with E-state index in [0.717, 1.165) is 35.7 Å². The standard InChI is InChI=1S/C15H20N4/c1-4-7-12-14(16-3)17-10-18-15(12)19-13-9-6-5-8-11(13)2/h5-6,8-10H,4,7H2,1-3H3,(H2,16,17,18,19). The number of hydrogen-bond donors (Lipinski definition) is 2. The Labute approximate surface area is 114 Å². The molecular weight excluding hydrogens is 236 g/mol. The zero-order valence-electron chi connectivity index (χ0n) is 11.7. The molecule has 0 aliphatic rings. The molecule has 0 saturated carbocycles. The van der Waals surface area contributed by atoms with Crippen LogP contribution in [0.25, 0.3) is 0 Å². The maximum Gasteiger partial charge on any atom is 0.139 e. The van der Waals surface area contributed by atoms with Gasteiger partial charge in [0, 0.05) is 18.3 Å². The highest BCUT2D eigenvalue weighted by molar-refractivity contribution is 5.66. The number of para-hydroxylation sites is 1. The highest BCUT2D eigenvalue weighted by Gasteiger charge is 2.10. The molecule has 100 valence electrons. The Hall–Kier alpha value is -2.10. The summed E-state index contributed by atoms with van der Waals surface area (Å²) in [4.78, 5) is 8.66. The van der Waals surface area contributed by atoms with Gasteiger partial charge in [-0.3, -0.25) is 0 Å². The molecule has 1 aromatic carbocycles. The molecule has 2 rings (SSSR count). The summed E-state index contributed by atoms with van der Waals surface area (Å²) >= 11 is 0. The molecule has 0 amide bonds. The summed E-state index contributed by atoms with van der Waals surface area (Å²) in [7, 11) is 1.89. The molecule has 0 atom stereocenters. The third-order valence-electron chi connectivity index (χ3n) is 3.08. The number of nitrogens with one attached hydrogen (secondary N) is 2. The zero-order valence-corrected chi connectivity index (χ0v) is 11.7. The molecule has 2 N–H and O–H groups in total. The molecule has 0 bridgehead atoms. The van der Waals surface area contributed by atoms with Crippen molar-refractivity contribution in [3.05, 3.63) is 41.7 Å². The lowest BCUT2D eigenvalue weighted by Gasteiger charge is -2.14. The fourth-order valence-corrected chi connectivity index (χ4v) is 2.06. The van der Waals surface area contributed by atoms with Gasteiger partial charge >= 0.3 is 0 Å². The summed E-state index contributed by atoms with van der Waals surface area (Å²) in [5, 5.41) is 6.54. The Bertz CT molecular complexity index is 552. The third kappa shape index (κ3) is 3.02. The Balaban J connectivity index is 2.37.